The number of hydrogen-bond acceptors (Lipinski definition) is 0. The van der Waals surface area contributed by atoms with Crippen molar-refractivity contribution in [2.24, 2.45) is 0 Å². The number of para-hydroxylation sites is 1. The van der Waals surface area contributed by atoms with Gasteiger partial charge in [-0.1, -0.05) is 299 Å². The monoisotopic (exact) mass is 1090 g/mol. The Morgan fingerprint density at radius 1 is 0.412 bits per heavy atom. The first-order chi connectivity index (χ1) is 41.9. The summed E-state index contributed by atoms with van der Waals surface area (Å²) in [6.07, 6.45) is 12.8. The van der Waals surface area contributed by atoms with Crippen LogP contribution in [0.25, 0.3) is 94.4 Å². The number of hydrogen-bond donors (Lipinski definition) is 0. The van der Waals surface area contributed by atoms with Crippen LogP contribution in [-0.4, -0.2) is 4.57 Å². The summed E-state index contributed by atoms with van der Waals surface area (Å²) in [7, 11) is 0. The zero-order chi connectivity index (χ0) is 58.5. The summed E-state index contributed by atoms with van der Waals surface area (Å²) < 4.78 is 2.44. The van der Waals surface area contributed by atoms with Gasteiger partial charge in [-0.25, -0.2) is 0 Å². The molecule has 85 heavy (non-hydrogen) atoms. The fraction of sp³-hybridized carbons (Fsp3) is 0.0714. The molecule has 13 aromatic rings. The molecule has 412 valence electrons. The van der Waals surface area contributed by atoms with E-state index in [9.17, 15) is 0 Å². The standard InChI is InChI=1S/C68H49N.C11H10.C3H6.C2H6/c1-2-3-21-51(38-36-48-37-40-61-60-32-16-18-34-64(60)68(65(61)42-48,57-28-12-6-13-29-57)58-30-14-7-15-31-58)52-26-20-27-53(43-52)54-39-41-67-63(47-54)62-33-17-19-35-66(62)69(67)59-45-55(49-22-8-4-9-23-49)44-56(46-59)50-24-10-5-11-25-50;1-9-6-7-10-4-2-3-5-11(10)8-9;1-3-2;1-2/h2-47H,1H3;2-8H,1H3;3H,1H2,2H3;1-2H3/b3-2+,38-36-,51-21+;;;. The molecule has 1 heteroatoms. The van der Waals surface area contributed by atoms with E-state index in [2.05, 4.69) is 347 Å². The fourth-order valence-electron chi connectivity index (χ4n) is 12.2. The average molecular weight is 1090 g/mol. The van der Waals surface area contributed by atoms with Crippen LogP contribution in [0, 0.1) is 6.92 Å². The molecule has 14 rings (SSSR count). The van der Waals surface area contributed by atoms with E-state index in [1.807, 2.05) is 20.8 Å². The number of rotatable bonds is 10. The fourth-order valence-corrected chi connectivity index (χ4v) is 12.2. The van der Waals surface area contributed by atoms with Gasteiger partial charge in [-0.2, -0.15) is 0 Å². The Balaban J connectivity index is 0.000000412. The number of allylic oxidation sites excluding steroid dienone is 6. The SMILES string of the molecule is C/C=C/C=C(\C=C/c1ccc2c(c1)C(c1ccccc1)(c1ccccc1)c1ccccc1-2)c1cccc(-c2ccc3c(c2)c2ccccc2n3-c2cc(-c3ccccc3)cc(-c3ccccc3)c2)c1.C=CC.CC.Cc1ccc2ccccc2c1. The first kappa shape index (κ1) is 56.5. The summed E-state index contributed by atoms with van der Waals surface area (Å²) >= 11 is 0. The summed E-state index contributed by atoms with van der Waals surface area (Å²) in [4.78, 5) is 0. The van der Waals surface area contributed by atoms with Crippen molar-refractivity contribution in [3.05, 3.63) is 367 Å². The van der Waals surface area contributed by atoms with Crippen LogP contribution in [0.2, 0.25) is 0 Å². The predicted octanol–water partition coefficient (Wildman–Crippen LogP) is 23.2. The Morgan fingerprint density at radius 2 is 0.965 bits per heavy atom. The van der Waals surface area contributed by atoms with Crippen LogP contribution in [0.3, 0.4) is 0 Å². The minimum Gasteiger partial charge on any atom is -0.309 e. The molecule has 0 fully saturated rings. The first-order valence-corrected chi connectivity index (χ1v) is 29.7. The lowest BCUT2D eigenvalue weighted by Crippen LogP contribution is -2.28. The molecule has 0 saturated carbocycles. The number of fused-ring (bicyclic) bond motifs is 7. The molecule has 1 aliphatic rings. The number of aryl methyl sites for hydroxylation is 1. The topological polar surface area (TPSA) is 4.93 Å². The van der Waals surface area contributed by atoms with Crippen molar-refractivity contribution in [1.82, 2.24) is 4.57 Å². The normalized spacial score (nSPS) is 12.2. The third kappa shape index (κ3) is 11.6. The quantitative estimate of drug-likeness (QED) is 0.0950. The highest BCUT2D eigenvalue weighted by Crippen LogP contribution is 2.56. The van der Waals surface area contributed by atoms with Crippen LogP contribution in [-0.2, 0) is 5.41 Å². The summed E-state index contributed by atoms with van der Waals surface area (Å²) in [5, 5.41) is 5.10. The minimum atomic E-state index is -0.443. The maximum atomic E-state index is 3.36. The van der Waals surface area contributed by atoms with Crippen molar-refractivity contribution in [2.75, 3.05) is 0 Å². The van der Waals surface area contributed by atoms with Crippen molar-refractivity contribution in [3.8, 4) is 50.2 Å². The van der Waals surface area contributed by atoms with Gasteiger partial charge < -0.3 is 4.57 Å². The molecule has 0 atom stereocenters. The van der Waals surface area contributed by atoms with Gasteiger partial charge in [0.15, 0.2) is 0 Å². The van der Waals surface area contributed by atoms with Gasteiger partial charge in [0.05, 0.1) is 16.4 Å². The van der Waals surface area contributed by atoms with Crippen molar-refractivity contribution in [3.63, 3.8) is 0 Å². The van der Waals surface area contributed by atoms with Crippen LogP contribution in [0.15, 0.2) is 328 Å². The average Bonchev–Trinajstić information content (AvgIpc) is 1.72. The van der Waals surface area contributed by atoms with E-state index in [1.165, 1.54) is 105 Å². The lowest BCUT2D eigenvalue weighted by Gasteiger charge is -2.34. The maximum absolute atomic E-state index is 3.36. The van der Waals surface area contributed by atoms with Gasteiger partial charge in [0.1, 0.15) is 0 Å². The van der Waals surface area contributed by atoms with Crippen LogP contribution in [0.4, 0.5) is 0 Å². The molecule has 1 heterocycles. The molecule has 0 N–H and O–H groups in total. The smallest absolute Gasteiger partial charge is 0.0713 e. The van der Waals surface area contributed by atoms with E-state index in [0.717, 1.165) is 22.4 Å². The minimum absolute atomic E-state index is 0.443. The first-order valence-electron chi connectivity index (χ1n) is 29.7. The number of nitrogens with zero attached hydrogens (tertiary/aromatic N) is 1. The van der Waals surface area contributed by atoms with Crippen molar-refractivity contribution in [2.45, 2.75) is 40.0 Å². The highest BCUT2D eigenvalue weighted by atomic mass is 15.0. The number of benzene rings is 12. The van der Waals surface area contributed by atoms with Crippen molar-refractivity contribution < 1.29 is 0 Å². The largest absolute Gasteiger partial charge is 0.309 e. The molecule has 1 aromatic heterocycles. The summed E-state index contributed by atoms with van der Waals surface area (Å²) in [6.45, 7) is 13.4. The van der Waals surface area contributed by atoms with E-state index in [4.69, 9.17) is 0 Å². The Labute approximate surface area is 503 Å². The molecule has 0 saturated heterocycles. The summed E-state index contributed by atoms with van der Waals surface area (Å²) in [6, 6.07) is 106. The maximum Gasteiger partial charge on any atom is 0.0713 e. The lowest BCUT2D eigenvalue weighted by molar-refractivity contribution is 0.768. The van der Waals surface area contributed by atoms with Crippen molar-refractivity contribution in [1.29, 1.82) is 0 Å². The molecule has 1 aliphatic carbocycles. The third-order valence-electron chi connectivity index (χ3n) is 15.9. The zero-order valence-electron chi connectivity index (χ0n) is 49.3. The van der Waals surface area contributed by atoms with E-state index < -0.39 is 5.41 Å². The molecule has 0 amide bonds. The molecule has 0 aliphatic heterocycles. The number of aromatic nitrogens is 1. The van der Waals surface area contributed by atoms with E-state index >= 15 is 0 Å². The molecule has 12 aromatic carbocycles. The van der Waals surface area contributed by atoms with Gasteiger partial charge in [-0.3, -0.25) is 0 Å². The van der Waals surface area contributed by atoms with E-state index in [-0.39, 0.29) is 0 Å². The molecule has 0 spiro atoms. The van der Waals surface area contributed by atoms with Crippen LogP contribution in [0.1, 0.15) is 66.6 Å². The lowest BCUT2D eigenvalue weighted by atomic mass is 9.67. The molecule has 1 nitrogen and oxygen atoms in total. The Bertz CT molecular complexity index is 4420. The summed E-state index contributed by atoms with van der Waals surface area (Å²) in [5.41, 5.74) is 22.7. The van der Waals surface area contributed by atoms with Crippen LogP contribution >= 0.6 is 0 Å². The Hall–Kier alpha value is -10.3. The van der Waals surface area contributed by atoms with Gasteiger partial charge in [0, 0.05) is 16.5 Å². The zero-order valence-corrected chi connectivity index (χ0v) is 49.3. The predicted molar refractivity (Wildman–Crippen MR) is 369 cm³/mol. The second-order valence-corrected chi connectivity index (χ2v) is 21.2. The van der Waals surface area contributed by atoms with E-state index in [0.29, 0.717) is 0 Å². The van der Waals surface area contributed by atoms with E-state index in [1.54, 1.807) is 6.08 Å². The van der Waals surface area contributed by atoms with Gasteiger partial charge in [-0.05, 0) is 164 Å². The Kier molecular flexibility index (Phi) is 17.5. The van der Waals surface area contributed by atoms with Gasteiger partial charge in [0.2, 0.25) is 0 Å². The van der Waals surface area contributed by atoms with Gasteiger partial charge in [0.25, 0.3) is 0 Å². The molecule has 0 bridgehead atoms. The molecule has 0 radical (unpaired) electrons. The molecule has 0 unspecified atom stereocenters. The van der Waals surface area contributed by atoms with Crippen molar-refractivity contribution >= 4 is 44.2 Å². The highest BCUT2D eigenvalue weighted by molar-refractivity contribution is 6.10. The third-order valence-corrected chi connectivity index (χ3v) is 15.9. The second kappa shape index (κ2) is 26.3. The summed E-state index contributed by atoms with van der Waals surface area (Å²) in [5.74, 6) is 0. The molecular weight excluding hydrogens is 1020 g/mol. The van der Waals surface area contributed by atoms with Gasteiger partial charge in [-0.15, -0.1) is 6.58 Å². The van der Waals surface area contributed by atoms with Crippen LogP contribution < -0.4 is 0 Å². The van der Waals surface area contributed by atoms with Crippen LogP contribution in [0.5, 0.6) is 0 Å². The van der Waals surface area contributed by atoms with Gasteiger partial charge >= 0.3 is 0 Å². The molecular formula is C84H71N. The highest BCUT2D eigenvalue weighted by Gasteiger charge is 2.46. The Morgan fingerprint density at radius 3 is 1.64 bits per heavy atom. The second-order valence-electron chi connectivity index (χ2n) is 21.2.